The molecule has 1 atom stereocenters. The first-order valence-corrected chi connectivity index (χ1v) is 12.2. The number of halogens is 1. The van der Waals surface area contributed by atoms with Crippen molar-refractivity contribution in [1.29, 1.82) is 0 Å². The summed E-state index contributed by atoms with van der Waals surface area (Å²) in [6.45, 7) is 2.74. The summed E-state index contributed by atoms with van der Waals surface area (Å²) in [7, 11) is 1.54. The molecule has 0 saturated carbocycles. The van der Waals surface area contributed by atoms with Crippen LogP contribution >= 0.6 is 11.6 Å². The van der Waals surface area contributed by atoms with Gasteiger partial charge >= 0.3 is 0 Å². The van der Waals surface area contributed by atoms with E-state index in [4.69, 9.17) is 27.1 Å². The highest BCUT2D eigenvalue weighted by atomic mass is 35.5. The number of anilines is 1. The third-order valence-corrected chi connectivity index (χ3v) is 6.48. The van der Waals surface area contributed by atoms with E-state index < -0.39 is 5.91 Å². The Balaban J connectivity index is 1.54. The van der Waals surface area contributed by atoms with Crippen LogP contribution in [0.3, 0.4) is 0 Å². The van der Waals surface area contributed by atoms with Crippen LogP contribution in [0.2, 0.25) is 5.02 Å². The SMILES string of the molecule is COc1ccc(CN(CC(N)=O)C(=O)CC2CCCCN2c2cc(C)nc(-n3ccnc3)n2)cc1Cl. The second-order valence-electron chi connectivity index (χ2n) is 8.87. The number of piperidine rings is 1. The number of ether oxygens (including phenoxy) is 1. The predicted octanol–water partition coefficient (Wildman–Crippen LogP) is 2.90. The van der Waals surface area contributed by atoms with Crippen molar-refractivity contribution in [2.24, 2.45) is 5.73 Å². The summed E-state index contributed by atoms with van der Waals surface area (Å²) in [6, 6.07) is 7.16. The number of amides is 2. The van der Waals surface area contributed by atoms with Crippen molar-refractivity contribution in [3.05, 3.63) is 59.3 Å². The summed E-state index contributed by atoms with van der Waals surface area (Å²) in [5, 5.41) is 0.438. The maximum Gasteiger partial charge on any atom is 0.237 e. The zero-order valence-electron chi connectivity index (χ0n) is 20.4. The fourth-order valence-corrected chi connectivity index (χ4v) is 4.75. The smallest absolute Gasteiger partial charge is 0.237 e. The number of hydrogen-bond acceptors (Lipinski definition) is 7. The second-order valence-corrected chi connectivity index (χ2v) is 9.28. The number of carbonyl (C=O) groups excluding carboxylic acids is 2. The fourth-order valence-electron chi connectivity index (χ4n) is 4.47. The molecule has 1 unspecified atom stereocenters. The van der Waals surface area contributed by atoms with Crippen LogP contribution in [0.25, 0.3) is 5.95 Å². The average molecular weight is 512 g/mol. The van der Waals surface area contributed by atoms with Crippen molar-refractivity contribution in [3.8, 4) is 11.7 Å². The molecule has 0 bridgehead atoms. The largest absolute Gasteiger partial charge is 0.495 e. The topological polar surface area (TPSA) is 119 Å². The Bertz CT molecular complexity index is 1220. The third-order valence-electron chi connectivity index (χ3n) is 6.18. The summed E-state index contributed by atoms with van der Waals surface area (Å²) in [5.74, 6) is 1.12. The Morgan fingerprint density at radius 3 is 2.78 bits per heavy atom. The van der Waals surface area contributed by atoms with Gasteiger partial charge in [0.25, 0.3) is 0 Å². The molecule has 4 rings (SSSR count). The molecule has 1 aliphatic heterocycles. The minimum absolute atomic E-state index is 0.0639. The highest BCUT2D eigenvalue weighted by molar-refractivity contribution is 6.32. The van der Waals surface area contributed by atoms with Crippen LogP contribution in [0.4, 0.5) is 5.82 Å². The lowest BCUT2D eigenvalue weighted by Gasteiger charge is -2.37. The van der Waals surface area contributed by atoms with Gasteiger partial charge in [0.05, 0.1) is 18.7 Å². The minimum atomic E-state index is -0.570. The fraction of sp³-hybridized carbons (Fsp3) is 0.400. The molecular weight excluding hydrogens is 482 g/mol. The molecule has 1 fully saturated rings. The second kappa shape index (κ2) is 11.4. The number of benzene rings is 1. The van der Waals surface area contributed by atoms with Crippen LogP contribution in [0.1, 0.15) is 36.9 Å². The molecule has 190 valence electrons. The molecule has 0 radical (unpaired) electrons. The van der Waals surface area contributed by atoms with E-state index in [1.54, 1.807) is 35.4 Å². The van der Waals surface area contributed by atoms with Crippen molar-refractivity contribution < 1.29 is 14.3 Å². The molecular formula is C25H30ClN7O3. The van der Waals surface area contributed by atoms with E-state index >= 15 is 0 Å². The van der Waals surface area contributed by atoms with Gasteiger partial charge in [0, 0.05) is 49.7 Å². The highest BCUT2D eigenvalue weighted by Gasteiger charge is 2.29. The molecule has 1 aliphatic rings. The lowest BCUT2D eigenvalue weighted by Crippen LogP contribution is -2.45. The number of imidazole rings is 1. The first-order valence-electron chi connectivity index (χ1n) is 11.8. The van der Waals surface area contributed by atoms with Crippen molar-refractivity contribution >= 4 is 29.2 Å². The van der Waals surface area contributed by atoms with Gasteiger partial charge in [-0.1, -0.05) is 17.7 Å². The number of aromatic nitrogens is 4. The van der Waals surface area contributed by atoms with E-state index in [1.165, 1.54) is 12.0 Å². The monoisotopic (exact) mass is 511 g/mol. The van der Waals surface area contributed by atoms with Crippen molar-refractivity contribution in [2.45, 2.75) is 45.2 Å². The van der Waals surface area contributed by atoms with Gasteiger partial charge in [-0.15, -0.1) is 0 Å². The maximum atomic E-state index is 13.4. The van der Waals surface area contributed by atoms with Gasteiger partial charge in [0.15, 0.2) is 0 Å². The Kier molecular flexibility index (Phi) is 8.04. The van der Waals surface area contributed by atoms with E-state index in [2.05, 4.69) is 14.9 Å². The molecule has 1 aromatic carbocycles. The van der Waals surface area contributed by atoms with Crippen molar-refractivity contribution in [1.82, 2.24) is 24.4 Å². The Hall–Kier alpha value is -3.66. The first kappa shape index (κ1) is 25.4. The van der Waals surface area contributed by atoms with Crippen LogP contribution in [0.5, 0.6) is 5.75 Å². The molecule has 2 amide bonds. The van der Waals surface area contributed by atoms with Crippen molar-refractivity contribution in [3.63, 3.8) is 0 Å². The van der Waals surface area contributed by atoms with E-state index in [0.29, 0.717) is 16.7 Å². The zero-order chi connectivity index (χ0) is 25.7. The normalized spacial score (nSPS) is 15.5. The van der Waals surface area contributed by atoms with Crippen LogP contribution in [0, 0.1) is 6.92 Å². The summed E-state index contributed by atoms with van der Waals surface area (Å²) < 4.78 is 6.96. The number of rotatable bonds is 9. The highest BCUT2D eigenvalue weighted by Crippen LogP contribution is 2.28. The zero-order valence-corrected chi connectivity index (χ0v) is 21.2. The summed E-state index contributed by atoms with van der Waals surface area (Å²) in [6.07, 6.45) is 8.22. The van der Waals surface area contributed by atoms with E-state index in [0.717, 1.165) is 42.9 Å². The number of nitrogens with two attached hydrogens (primary N) is 1. The maximum absolute atomic E-state index is 13.4. The number of primary amides is 1. The van der Waals surface area contributed by atoms with E-state index in [-0.39, 0.29) is 31.5 Å². The quantitative estimate of drug-likeness (QED) is 0.469. The molecule has 0 aliphatic carbocycles. The number of methoxy groups -OCH3 is 1. The van der Waals surface area contributed by atoms with Crippen LogP contribution in [-0.2, 0) is 16.1 Å². The van der Waals surface area contributed by atoms with Gasteiger partial charge in [0.2, 0.25) is 17.8 Å². The summed E-state index contributed by atoms with van der Waals surface area (Å²) in [5.41, 5.74) is 7.09. The molecule has 0 spiro atoms. The molecule has 2 N–H and O–H groups in total. The van der Waals surface area contributed by atoms with Crippen LogP contribution in [-0.4, -0.2) is 62.5 Å². The van der Waals surface area contributed by atoms with Gasteiger partial charge in [0.1, 0.15) is 17.9 Å². The van der Waals surface area contributed by atoms with Crippen LogP contribution < -0.4 is 15.4 Å². The lowest BCUT2D eigenvalue weighted by atomic mass is 9.98. The average Bonchev–Trinajstić information content (AvgIpc) is 3.39. The standard InChI is InChI=1S/C25H30ClN7O3/c1-17-11-23(30-25(29-17)31-10-8-28-16-31)33-9-4-3-5-19(33)13-24(35)32(15-22(27)34)14-18-6-7-21(36-2)20(26)12-18/h6-8,10-12,16,19H,3-5,9,13-15H2,1-2H3,(H2,27,34). The van der Waals surface area contributed by atoms with E-state index in [1.807, 2.05) is 19.1 Å². The van der Waals surface area contributed by atoms with Crippen molar-refractivity contribution in [2.75, 3.05) is 25.1 Å². The van der Waals surface area contributed by atoms with Gasteiger partial charge in [-0.25, -0.2) is 9.97 Å². The summed E-state index contributed by atoms with van der Waals surface area (Å²) >= 11 is 6.26. The molecule has 1 saturated heterocycles. The number of aryl methyl sites for hydroxylation is 1. The van der Waals surface area contributed by atoms with Gasteiger partial charge < -0.3 is 20.3 Å². The minimum Gasteiger partial charge on any atom is -0.495 e. The Morgan fingerprint density at radius 2 is 2.08 bits per heavy atom. The molecule has 10 nitrogen and oxygen atoms in total. The Morgan fingerprint density at radius 1 is 1.25 bits per heavy atom. The van der Waals surface area contributed by atoms with Gasteiger partial charge in [-0.3, -0.25) is 14.2 Å². The number of hydrogen-bond donors (Lipinski definition) is 1. The molecule has 11 heteroatoms. The molecule has 3 aromatic rings. The summed E-state index contributed by atoms with van der Waals surface area (Å²) in [4.78, 5) is 42.2. The van der Waals surface area contributed by atoms with Gasteiger partial charge in [-0.05, 0) is 43.9 Å². The molecule has 36 heavy (non-hydrogen) atoms. The lowest BCUT2D eigenvalue weighted by molar-refractivity contribution is -0.136. The first-order chi connectivity index (χ1) is 17.3. The molecule has 3 heterocycles. The Labute approximate surface area is 215 Å². The van der Waals surface area contributed by atoms with Gasteiger partial charge in [-0.2, -0.15) is 4.98 Å². The predicted molar refractivity (Wildman–Crippen MR) is 136 cm³/mol. The third kappa shape index (κ3) is 6.12. The molecule has 2 aromatic heterocycles. The number of nitrogens with zero attached hydrogens (tertiary/aromatic N) is 6. The number of carbonyl (C=O) groups is 2. The van der Waals surface area contributed by atoms with E-state index in [9.17, 15) is 9.59 Å². The van der Waals surface area contributed by atoms with Crippen LogP contribution in [0.15, 0.2) is 43.0 Å².